The monoisotopic (exact) mass is 291 g/mol. The van der Waals surface area contributed by atoms with Crippen LogP contribution in [0.4, 0.5) is 0 Å². The molecular weight excluding hydrogens is 258 g/mol. The molecule has 1 atom stereocenters. The van der Waals surface area contributed by atoms with Crippen molar-refractivity contribution in [3.63, 3.8) is 0 Å². The summed E-state index contributed by atoms with van der Waals surface area (Å²) in [5.74, 6) is 0.935. The molecular formula is C19H33NO. The first-order valence-corrected chi connectivity index (χ1v) is 8.69. The zero-order chi connectivity index (χ0) is 15.3. The first-order chi connectivity index (χ1) is 10.3. The van der Waals surface area contributed by atoms with E-state index in [0.29, 0.717) is 6.04 Å². The second-order valence-electron chi connectivity index (χ2n) is 5.79. The fourth-order valence-electron chi connectivity index (χ4n) is 2.77. The lowest BCUT2D eigenvalue weighted by molar-refractivity contribution is 0.414. The quantitative estimate of drug-likeness (QED) is 0.514. The highest BCUT2D eigenvalue weighted by Crippen LogP contribution is 2.22. The Kier molecular flexibility index (Phi) is 9.98. The maximum absolute atomic E-state index is 5.23. The van der Waals surface area contributed by atoms with Gasteiger partial charge in [-0.05, 0) is 30.7 Å². The van der Waals surface area contributed by atoms with Crippen LogP contribution in [-0.2, 0) is 0 Å². The van der Waals surface area contributed by atoms with Gasteiger partial charge in [-0.1, -0.05) is 70.9 Å². The van der Waals surface area contributed by atoms with Crippen LogP contribution < -0.4 is 10.1 Å². The van der Waals surface area contributed by atoms with Gasteiger partial charge >= 0.3 is 0 Å². The molecule has 0 aromatic heterocycles. The van der Waals surface area contributed by atoms with E-state index in [9.17, 15) is 0 Å². The van der Waals surface area contributed by atoms with Crippen LogP contribution in [-0.4, -0.2) is 13.7 Å². The first kappa shape index (κ1) is 18.0. The second-order valence-corrected chi connectivity index (χ2v) is 5.79. The van der Waals surface area contributed by atoms with Crippen molar-refractivity contribution < 1.29 is 4.74 Å². The number of nitrogens with one attached hydrogen (secondary N) is 1. The molecule has 2 nitrogen and oxygen atoms in total. The standard InChI is InChI=1S/C19H33NO/c1-4-6-7-8-9-10-11-12-19(20-5-2)17-13-15-18(21-3)16-14-17/h13-16,19-20H,4-12H2,1-3H3. The molecule has 1 N–H and O–H groups in total. The van der Waals surface area contributed by atoms with Gasteiger partial charge < -0.3 is 10.1 Å². The number of rotatable bonds is 12. The highest BCUT2D eigenvalue weighted by atomic mass is 16.5. The fraction of sp³-hybridized carbons (Fsp3) is 0.684. The minimum atomic E-state index is 0.483. The lowest BCUT2D eigenvalue weighted by Gasteiger charge is -2.18. The molecule has 0 saturated heterocycles. The van der Waals surface area contributed by atoms with E-state index in [1.807, 2.05) is 0 Å². The summed E-state index contributed by atoms with van der Waals surface area (Å²) in [6.07, 6.45) is 10.8. The summed E-state index contributed by atoms with van der Waals surface area (Å²) in [6, 6.07) is 8.98. The normalized spacial score (nSPS) is 12.3. The lowest BCUT2D eigenvalue weighted by atomic mass is 9.99. The predicted molar refractivity (Wildman–Crippen MR) is 92.0 cm³/mol. The number of methoxy groups -OCH3 is 1. The molecule has 0 spiro atoms. The minimum Gasteiger partial charge on any atom is -0.497 e. The van der Waals surface area contributed by atoms with Crippen LogP contribution in [0, 0.1) is 0 Å². The van der Waals surface area contributed by atoms with E-state index < -0.39 is 0 Å². The van der Waals surface area contributed by atoms with Crippen molar-refractivity contribution in [3.05, 3.63) is 29.8 Å². The molecule has 21 heavy (non-hydrogen) atoms. The van der Waals surface area contributed by atoms with Gasteiger partial charge in [-0.25, -0.2) is 0 Å². The number of hydrogen-bond donors (Lipinski definition) is 1. The third-order valence-corrected chi connectivity index (χ3v) is 4.07. The van der Waals surface area contributed by atoms with Gasteiger partial charge in [0.05, 0.1) is 7.11 Å². The van der Waals surface area contributed by atoms with E-state index in [4.69, 9.17) is 4.74 Å². The molecule has 0 radical (unpaired) electrons. The van der Waals surface area contributed by atoms with Gasteiger partial charge in [0.2, 0.25) is 0 Å². The van der Waals surface area contributed by atoms with Crippen LogP contribution in [0.25, 0.3) is 0 Å². The Bertz CT molecular complexity index is 347. The van der Waals surface area contributed by atoms with Crippen molar-refractivity contribution in [2.75, 3.05) is 13.7 Å². The van der Waals surface area contributed by atoms with Gasteiger partial charge in [0, 0.05) is 6.04 Å². The summed E-state index contributed by atoms with van der Waals surface area (Å²) in [6.45, 7) is 5.48. The van der Waals surface area contributed by atoms with Crippen molar-refractivity contribution in [2.45, 2.75) is 71.3 Å². The van der Waals surface area contributed by atoms with E-state index in [2.05, 4.69) is 43.4 Å². The number of hydrogen-bond acceptors (Lipinski definition) is 2. The van der Waals surface area contributed by atoms with E-state index in [-0.39, 0.29) is 0 Å². The van der Waals surface area contributed by atoms with Crippen molar-refractivity contribution in [1.82, 2.24) is 5.32 Å². The number of unbranched alkanes of at least 4 members (excludes halogenated alkanes) is 6. The zero-order valence-corrected chi connectivity index (χ0v) is 14.2. The SMILES string of the molecule is CCCCCCCCCC(NCC)c1ccc(OC)cc1. The first-order valence-electron chi connectivity index (χ1n) is 8.69. The molecule has 120 valence electrons. The van der Waals surface area contributed by atoms with E-state index in [1.165, 1.54) is 56.9 Å². The summed E-state index contributed by atoms with van der Waals surface area (Å²) in [5.41, 5.74) is 1.38. The number of benzene rings is 1. The Morgan fingerprint density at radius 1 is 0.905 bits per heavy atom. The molecule has 0 aliphatic carbocycles. The smallest absolute Gasteiger partial charge is 0.118 e. The van der Waals surface area contributed by atoms with Crippen LogP contribution >= 0.6 is 0 Å². The molecule has 0 aliphatic heterocycles. The molecule has 0 saturated carbocycles. The Morgan fingerprint density at radius 2 is 1.52 bits per heavy atom. The maximum Gasteiger partial charge on any atom is 0.118 e. The Balaban J connectivity index is 2.32. The topological polar surface area (TPSA) is 21.3 Å². The van der Waals surface area contributed by atoms with Gasteiger partial charge in [-0.15, -0.1) is 0 Å². The van der Waals surface area contributed by atoms with Gasteiger partial charge in [0.25, 0.3) is 0 Å². The fourth-order valence-corrected chi connectivity index (χ4v) is 2.77. The molecule has 0 amide bonds. The average molecular weight is 291 g/mol. The van der Waals surface area contributed by atoms with Gasteiger partial charge in [-0.2, -0.15) is 0 Å². The predicted octanol–water partition coefficient (Wildman–Crippen LogP) is 5.49. The van der Waals surface area contributed by atoms with Crippen molar-refractivity contribution in [1.29, 1.82) is 0 Å². The molecule has 0 aliphatic rings. The Hall–Kier alpha value is -1.02. The highest BCUT2D eigenvalue weighted by Gasteiger charge is 2.09. The Morgan fingerprint density at radius 3 is 2.10 bits per heavy atom. The number of ether oxygens (including phenoxy) is 1. The summed E-state index contributed by atoms with van der Waals surface area (Å²) < 4.78 is 5.23. The Labute approximate surface area is 131 Å². The van der Waals surface area contributed by atoms with E-state index in [1.54, 1.807) is 7.11 Å². The van der Waals surface area contributed by atoms with Crippen LogP contribution in [0.1, 0.15) is 76.8 Å². The molecule has 1 aromatic carbocycles. The molecule has 2 heteroatoms. The maximum atomic E-state index is 5.23. The molecule has 0 fully saturated rings. The summed E-state index contributed by atoms with van der Waals surface area (Å²) in [7, 11) is 1.72. The molecule has 0 bridgehead atoms. The second kappa shape index (κ2) is 11.6. The zero-order valence-electron chi connectivity index (χ0n) is 14.2. The molecule has 1 rings (SSSR count). The third kappa shape index (κ3) is 7.52. The van der Waals surface area contributed by atoms with Crippen LogP contribution in [0.3, 0.4) is 0 Å². The molecule has 1 aromatic rings. The van der Waals surface area contributed by atoms with Crippen LogP contribution in [0.15, 0.2) is 24.3 Å². The minimum absolute atomic E-state index is 0.483. The summed E-state index contributed by atoms with van der Waals surface area (Å²) >= 11 is 0. The van der Waals surface area contributed by atoms with Crippen molar-refractivity contribution in [2.24, 2.45) is 0 Å². The van der Waals surface area contributed by atoms with Crippen molar-refractivity contribution in [3.8, 4) is 5.75 Å². The van der Waals surface area contributed by atoms with Gasteiger partial charge in [-0.3, -0.25) is 0 Å². The third-order valence-electron chi connectivity index (χ3n) is 4.07. The average Bonchev–Trinajstić information content (AvgIpc) is 2.53. The molecule has 1 unspecified atom stereocenters. The van der Waals surface area contributed by atoms with Crippen molar-refractivity contribution >= 4 is 0 Å². The highest BCUT2D eigenvalue weighted by molar-refractivity contribution is 5.29. The van der Waals surface area contributed by atoms with Crippen LogP contribution in [0.5, 0.6) is 5.75 Å². The summed E-state index contributed by atoms with van der Waals surface area (Å²) in [5, 5.41) is 3.61. The molecule has 0 heterocycles. The largest absolute Gasteiger partial charge is 0.497 e. The van der Waals surface area contributed by atoms with E-state index >= 15 is 0 Å². The van der Waals surface area contributed by atoms with Gasteiger partial charge in [0.1, 0.15) is 5.75 Å². The lowest BCUT2D eigenvalue weighted by Crippen LogP contribution is -2.20. The summed E-state index contributed by atoms with van der Waals surface area (Å²) in [4.78, 5) is 0. The van der Waals surface area contributed by atoms with Gasteiger partial charge in [0.15, 0.2) is 0 Å². The van der Waals surface area contributed by atoms with Crippen LogP contribution in [0.2, 0.25) is 0 Å². The van der Waals surface area contributed by atoms with E-state index in [0.717, 1.165) is 12.3 Å².